The molecule has 2 atom stereocenters. The largest absolute Gasteiger partial charge is 0.398 e. The number of anilines is 1. The van der Waals surface area contributed by atoms with Crippen LogP contribution in [-0.4, -0.2) is 48.2 Å². The van der Waals surface area contributed by atoms with Crippen LogP contribution in [0, 0.1) is 0 Å². The van der Waals surface area contributed by atoms with E-state index < -0.39 is 22.2 Å². The van der Waals surface area contributed by atoms with Crippen LogP contribution in [0.1, 0.15) is 0 Å². The van der Waals surface area contributed by atoms with Crippen molar-refractivity contribution in [1.82, 2.24) is 4.31 Å². The minimum atomic E-state index is -3.63. The highest BCUT2D eigenvalue weighted by molar-refractivity contribution is 7.91. The number of aliphatic hydroxyl groups excluding tert-OH is 2. The van der Waals surface area contributed by atoms with Gasteiger partial charge in [-0.2, -0.15) is 4.31 Å². The quantitative estimate of drug-likeness (QED) is 0.639. The number of nitrogens with two attached hydrogens (primary N) is 1. The zero-order valence-corrected chi connectivity index (χ0v) is 9.91. The van der Waals surface area contributed by atoms with Gasteiger partial charge in [-0.25, -0.2) is 8.42 Å². The van der Waals surface area contributed by atoms with Crippen molar-refractivity contribution in [2.24, 2.45) is 0 Å². The monoisotopic (exact) mass is 264 g/mol. The highest BCUT2D eigenvalue weighted by Gasteiger charge is 2.38. The molecular formula is C8H12N2O4S2. The molecule has 16 heavy (non-hydrogen) atoms. The second-order valence-electron chi connectivity index (χ2n) is 3.66. The summed E-state index contributed by atoms with van der Waals surface area (Å²) in [4.78, 5) is 0. The molecule has 0 unspecified atom stereocenters. The number of rotatable bonds is 2. The number of β-amino-alcohol motifs (C(OH)–C–C–N with tert-alkyl or cyclic N) is 2. The van der Waals surface area contributed by atoms with E-state index in [0.29, 0.717) is 5.69 Å². The van der Waals surface area contributed by atoms with Crippen molar-refractivity contribution in [2.45, 2.75) is 16.4 Å². The molecule has 0 saturated carbocycles. The average Bonchev–Trinajstić information content (AvgIpc) is 2.75. The van der Waals surface area contributed by atoms with Gasteiger partial charge in [-0.15, -0.1) is 11.3 Å². The maximum absolute atomic E-state index is 12.0. The fraction of sp³-hybridized carbons (Fsp3) is 0.500. The fourth-order valence-electron chi connectivity index (χ4n) is 1.52. The number of sulfonamides is 1. The van der Waals surface area contributed by atoms with E-state index in [1.807, 2.05) is 0 Å². The summed E-state index contributed by atoms with van der Waals surface area (Å²) in [5.74, 6) is 0. The molecule has 1 aliphatic heterocycles. The zero-order valence-electron chi connectivity index (χ0n) is 8.28. The van der Waals surface area contributed by atoms with Gasteiger partial charge in [0.25, 0.3) is 10.0 Å². The maximum Gasteiger partial charge on any atom is 0.252 e. The lowest BCUT2D eigenvalue weighted by Gasteiger charge is -2.13. The number of hydrogen-bond donors (Lipinski definition) is 3. The van der Waals surface area contributed by atoms with Crippen molar-refractivity contribution in [3.8, 4) is 0 Å². The molecule has 0 aliphatic carbocycles. The van der Waals surface area contributed by atoms with E-state index in [4.69, 9.17) is 5.73 Å². The van der Waals surface area contributed by atoms with Gasteiger partial charge in [-0.1, -0.05) is 0 Å². The number of hydrogen-bond acceptors (Lipinski definition) is 6. The third kappa shape index (κ3) is 1.94. The lowest BCUT2D eigenvalue weighted by atomic mass is 10.3. The molecule has 1 saturated heterocycles. The Morgan fingerprint density at radius 1 is 1.38 bits per heavy atom. The fourth-order valence-corrected chi connectivity index (χ4v) is 4.23. The first-order chi connectivity index (χ1) is 7.41. The van der Waals surface area contributed by atoms with Crippen molar-refractivity contribution < 1.29 is 18.6 Å². The molecule has 0 amide bonds. The molecular weight excluding hydrogens is 252 g/mol. The molecule has 90 valence electrons. The van der Waals surface area contributed by atoms with E-state index in [1.165, 1.54) is 11.4 Å². The Morgan fingerprint density at radius 3 is 2.38 bits per heavy atom. The van der Waals surface area contributed by atoms with E-state index in [0.717, 1.165) is 15.6 Å². The van der Waals surface area contributed by atoms with Crippen LogP contribution in [0.5, 0.6) is 0 Å². The molecule has 1 aromatic rings. The van der Waals surface area contributed by atoms with Gasteiger partial charge in [-0.05, 0) is 6.07 Å². The summed E-state index contributed by atoms with van der Waals surface area (Å²) in [5.41, 5.74) is 5.85. The minimum absolute atomic E-state index is 0.0820. The van der Waals surface area contributed by atoms with Crippen molar-refractivity contribution in [3.05, 3.63) is 11.4 Å². The smallest absolute Gasteiger partial charge is 0.252 e. The topological polar surface area (TPSA) is 104 Å². The number of aliphatic hydroxyl groups is 2. The lowest BCUT2D eigenvalue weighted by molar-refractivity contribution is 0.0572. The van der Waals surface area contributed by atoms with Gasteiger partial charge in [0.2, 0.25) is 0 Å². The molecule has 1 aromatic heterocycles. The lowest BCUT2D eigenvalue weighted by Crippen LogP contribution is -2.29. The summed E-state index contributed by atoms with van der Waals surface area (Å²) in [7, 11) is -3.63. The molecule has 2 heterocycles. The summed E-state index contributed by atoms with van der Waals surface area (Å²) in [6, 6.07) is 1.37. The molecule has 6 nitrogen and oxygen atoms in total. The zero-order chi connectivity index (χ0) is 11.9. The SMILES string of the molecule is Nc1csc(S(=O)(=O)N2C[C@@H](O)[C@@H](O)C2)c1. The van der Waals surface area contributed by atoms with Gasteiger partial charge in [0.1, 0.15) is 4.21 Å². The number of nitrogens with zero attached hydrogens (tertiary/aromatic N) is 1. The van der Waals surface area contributed by atoms with Crippen molar-refractivity contribution in [2.75, 3.05) is 18.8 Å². The molecule has 2 rings (SSSR count). The normalized spacial score (nSPS) is 27.4. The summed E-state index contributed by atoms with van der Waals surface area (Å²) in [6.07, 6.45) is -2.04. The predicted molar refractivity (Wildman–Crippen MR) is 59.5 cm³/mol. The second-order valence-corrected chi connectivity index (χ2v) is 6.73. The first-order valence-electron chi connectivity index (χ1n) is 4.61. The molecule has 4 N–H and O–H groups in total. The van der Waals surface area contributed by atoms with E-state index in [2.05, 4.69) is 0 Å². The minimum Gasteiger partial charge on any atom is -0.398 e. The Morgan fingerprint density at radius 2 is 1.94 bits per heavy atom. The first kappa shape index (κ1) is 11.8. The van der Waals surface area contributed by atoms with E-state index >= 15 is 0 Å². The Hall–Kier alpha value is -0.670. The summed E-state index contributed by atoms with van der Waals surface area (Å²) >= 11 is 1.03. The molecule has 1 fully saturated rings. The van der Waals surface area contributed by atoms with E-state index in [1.54, 1.807) is 0 Å². The Bertz CT molecular complexity index is 474. The van der Waals surface area contributed by atoms with Gasteiger partial charge in [0.05, 0.1) is 12.2 Å². The van der Waals surface area contributed by atoms with Crippen LogP contribution in [-0.2, 0) is 10.0 Å². The van der Waals surface area contributed by atoms with E-state index in [9.17, 15) is 18.6 Å². The molecule has 8 heteroatoms. The van der Waals surface area contributed by atoms with Gasteiger partial charge < -0.3 is 15.9 Å². The van der Waals surface area contributed by atoms with Gasteiger partial charge in [0, 0.05) is 24.2 Å². The summed E-state index contributed by atoms with van der Waals surface area (Å²) in [5, 5.41) is 20.1. The average molecular weight is 264 g/mol. The molecule has 0 radical (unpaired) electrons. The van der Waals surface area contributed by atoms with Crippen LogP contribution in [0.2, 0.25) is 0 Å². The van der Waals surface area contributed by atoms with Crippen LogP contribution in [0.25, 0.3) is 0 Å². The Balaban J connectivity index is 2.27. The molecule has 0 bridgehead atoms. The van der Waals surface area contributed by atoms with Crippen LogP contribution in [0.15, 0.2) is 15.7 Å². The van der Waals surface area contributed by atoms with Crippen LogP contribution < -0.4 is 5.73 Å². The summed E-state index contributed by atoms with van der Waals surface area (Å²) < 4.78 is 25.2. The Labute approximate surface area is 97.0 Å². The van der Waals surface area contributed by atoms with Gasteiger partial charge in [-0.3, -0.25) is 0 Å². The van der Waals surface area contributed by atoms with Crippen molar-refractivity contribution >= 4 is 27.0 Å². The van der Waals surface area contributed by atoms with Crippen molar-refractivity contribution in [3.63, 3.8) is 0 Å². The van der Waals surface area contributed by atoms with Gasteiger partial charge in [0.15, 0.2) is 0 Å². The van der Waals surface area contributed by atoms with E-state index in [-0.39, 0.29) is 17.3 Å². The standard InChI is InChI=1S/C8H12N2O4S2/c9-5-1-8(15-4-5)16(13,14)10-2-6(11)7(12)3-10/h1,4,6-7,11-12H,2-3,9H2/t6-,7+. The van der Waals surface area contributed by atoms with Crippen LogP contribution in [0.3, 0.4) is 0 Å². The van der Waals surface area contributed by atoms with Gasteiger partial charge >= 0.3 is 0 Å². The van der Waals surface area contributed by atoms with Crippen molar-refractivity contribution in [1.29, 1.82) is 0 Å². The third-order valence-corrected chi connectivity index (χ3v) is 5.68. The second kappa shape index (κ2) is 3.97. The highest BCUT2D eigenvalue weighted by atomic mass is 32.2. The first-order valence-corrected chi connectivity index (χ1v) is 6.93. The van der Waals surface area contributed by atoms with Crippen LogP contribution in [0.4, 0.5) is 5.69 Å². The predicted octanol–water partition coefficient (Wildman–Crippen LogP) is -0.944. The molecule has 1 aliphatic rings. The van der Waals surface area contributed by atoms with Crippen LogP contribution >= 0.6 is 11.3 Å². The Kier molecular flexibility index (Phi) is 2.93. The maximum atomic E-state index is 12.0. The number of nitrogen functional groups attached to an aromatic ring is 1. The summed E-state index contributed by atoms with van der Waals surface area (Å²) in [6.45, 7) is -0.164. The third-order valence-electron chi connectivity index (χ3n) is 2.42. The highest BCUT2D eigenvalue weighted by Crippen LogP contribution is 2.27. The molecule has 0 aromatic carbocycles. The molecule has 0 spiro atoms. The number of thiophene rings is 1.